The van der Waals surface area contributed by atoms with Crippen molar-refractivity contribution in [2.45, 2.75) is 31.7 Å². The molecule has 0 aromatic rings. The summed E-state index contributed by atoms with van der Waals surface area (Å²) < 4.78 is 0. The fraction of sp³-hybridized carbons (Fsp3) is 0.833. The van der Waals surface area contributed by atoms with E-state index in [0.717, 1.165) is 25.9 Å². The van der Waals surface area contributed by atoms with Crippen molar-refractivity contribution in [1.29, 1.82) is 0 Å². The average Bonchev–Trinajstić information content (AvgIpc) is 3.17. The third-order valence-electron chi connectivity index (χ3n) is 4.23. The van der Waals surface area contributed by atoms with Crippen molar-refractivity contribution in [3.8, 4) is 0 Å². The molecule has 1 saturated carbocycles. The summed E-state index contributed by atoms with van der Waals surface area (Å²) in [7, 11) is 3.90. The van der Waals surface area contributed by atoms with Crippen LogP contribution in [0.4, 0.5) is 0 Å². The topological polar surface area (TPSA) is 82.2 Å². The van der Waals surface area contributed by atoms with Crippen molar-refractivity contribution in [3.63, 3.8) is 0 Å². The van der Waals surface area contributed by atoms with Gasteiger partial charge in [-0.05, 0) is 39.3 Å². The summed E-state index contributed by atoms with van der Waals surface area (Å²) in [6, 6.07) is 0.236. The normalized spacial score (nSPS) is 27.9. The van der Waals surface area contributed by atoms with Gasteiger partial charge in [-0.3, -0.25) is 4.79 Å². The number of likely N-dealkylation sites (tertiary alicyclic amines) is 1. The Kier molecular flexibility index (Phi) is 3.47. The number of rotatable bonds is 3. The summed E-state index contributed by atoms with van der Waals surface area (Å²) in [4.78, 5) is 16.5. The number of carbonyl (C=O) groups is 1. The Labute approximate surface area is 107 Å². The molecule has 6 nitrogen and oxygen atoms in total. The average molecular weight is 254 g/mol. The smallest absolute Gasteiger partial charge is 0.236 e. The molecule has 1 aliphatic carbocycles. The van der Waals surface area contributed by atoms with Gasteiger partial charge in [0.25, 0.3) is 0 Å². The Morgan fingerprint density at radius 2 is 2.22 bits per heavy atom. The molecule has 2 aliphatic rings. The second kappa shape index (κ2) is 4.76. The highest BCUT2D eigenvalue weighted by Gasteiger charge is 2.56. The number of amidine groups is 1. The van der Waals surface area contributed by atoms with E-state index >= 15 is 0 Å². The molecular weight excluding hydrogens is 232 g/mol. The maximum atomic E-state index is 12.5. The first kappa shape index (κ1) is 13.1. The fourth-order valence-electron chi connectivity index (χ4n) is 2.76. The van der Waals surface area contributed by atoms with E-state index in [2.05, 4.69) is 17.1 Å². The molecular formula is C12H22N4O2. The molecule has 18 heavy (non-hydrogen) atoms. The largest absolute Gasteiger partial charge is 0.409 e. The number of nitrogens with two attached hydrogens (primary N) is 1. The molecule has 0 aromatic heterocycles. The molecule has 3 N–H and O–H groups in total. The molecule has 1 saturated heterocycles. The quantitative estimate of drug-likeness (QED) is 0.323. The Balaban J connectivity index is 2.05. The van der Waals surface area contributed by atoms with Crippen LogP contribution in [0.3, 0.4) is 0 Å². The van der Waals surface area contributed by atoms with Crippen molar-refractivity contribution in [3.05, 3.63) is 0 Å². The molecule has 1 amide bonds. The highest BCUT2D eigenvalue weighted by atomic mass is 16.4. The molecule has 1 aliphatic heterocycles. The first-order chi connectivity index (χ1) is 8.51. The first-order valence-corrected chi connectivity index (χ1v) is 6.45. The lowest BCUT2D eigenvalue weighted by molar-refractivity contribution is -0.136. The molecule has 1 atom stereocenters. The van der Waals surface area contributed by atoms with Gasteiger partial charge in [0.05, 0.1) is 0 Å². The van der Waals surface area contributed by atoms with Crippen LogP contribution >= 0.6 is 0 Å². The highest BCUT2D eigenvalue weighted by molar-refractivity contribution is 6.09. The molecule has 2 rings (SSSR count). The van der Waals surface area contributed by atoms with Crippen LogP contribution in [0.15, 0.2) is 5.16 Å². The fourth-order valence-corrected chi connectivity index (χ4v) is 2.76. The number of hydrogen-bond acceptors (Lipinski definition) is 4. The van der Waals surface area contributed by atoms with Crippen LogP contribution in [0.5, 0.6) is 0 Å². The number of piperidine rings is 1. The summed E-state index contributed by atoms with van der Waals surface area (Å²) in [6.07, 6.45) is 3.51. The molecule has 102 valence electrons. The predicted octanol–water partition coefficient (Wildman–Crippen LogP) is 0.0656. The summed E-state index contributed by atoms with van der Waals surface area (Å²) >= 11 is 0. The minimum absolute atomic E-state index is 0.00176. The maximum Gasteiger partial charge on any atom is 0.236 e. The Morgan fingerprint density at radius 1 is 1.56 bits per heavy atom. The van der Waals surface area contributed by atoms with Crippen LogP contribution < -0.4 is 5.73 Å². The minimum atomic E-state index is -0.723. The lowest BCUT2D eigenvalue weighted by Crippen LogP contribution is -2.51. The van der Waals surface area contributed by atoms with Gasteiger partial charge in [-0.25, -0.2) is 0 Å². The summed E-state index contributed by atoms with van der Waals surface area (Å²) in [5.41, 5.74) is 4.93. The second-order valence-electron chi connectivity index (χ2n) is 5.54. The van der Waals surface area contributed by atoms with Crippen molar-refractivity contribution in [2.75, 3.05) is 27.2 Å². The van der Waals surface area contributed by atoms with Gasteiger partial charge in [-0.2, -0.15) is 0 Å². The van der Waals surface area contributed by atoms with Crippen molar-refractivity contribution >= 4 is 11.7 Å². The Bertz CT molecular complexity index is 365. The molecule has 6 heteroatoms. The monoisotopic (exact) mass is 254 g/mol. The van der Waals surface area contributed by atoms with E-state index in [1.165, 1.54) is 0 Å². The zero-order valence-electron chi connectivity index (χ0n) is 11.1. The van der Waals surface area contributed by atoms with Gasteiger partial charge in [0.1, 0.15) is 5.41 Å². The first-order valence-electron chi connectivity index (χ1n) is 6.45. The summed E-state index contributed by atoms with van der Waals surface area (Å²) in [5, 5.41) is 11.8. The van der Waals surface area contributed by atoms with E-state index in [1.54, 1.807) is 4.90 Å². The Morgan fingerprint density at radius 3 is 2.72 bits per heavy atom. The van der Waals surface area contributed by atoms with Crippen LogP contribution in [0.25, 0.3) is 0 Å². The molecule has 1 unspecified atom stereocenters. The van der Waals surface area contributed by atoms with Gasteiger partial charge in [-0.15, -0.1) is 0 Å². The second-order valence-corrected chi connectivity index (χ2v) is 5.54. The lowest BCUT2D eigenvalue weighted by atomic mass is 10.00. The molecule has 0 spiro atoms. The molecule has 0 aromatic carbocycles. The number of amides is 1. The lowest BCUT2D eigenvalue weighted by Gasteiger charge is -2.37. The van der Waals surface area contributed by atoms with E-state index in [9.17, 15) is 4.79 Å². The maximum absolute atomic E-state index is 12.5. The number of nitrogens with zero attached hydrogens (tertiary/aromatic N) is 3. The van der Waals surface area contributed by atoms with Crippen LogP contribution in [0.2, 0.25) is 0 Å². The number of carbonyl (C=O) groups excluding carboxylic acids is 1. The van der Waals surface area contributed by atoms with Gasteiger partial charge >= 0.3 is 0 Å². The summed E-state index contributed by atoms with van der Waals surface area (Å²) in [5.74, 6) is 0.0571. The minimum Gasteiger partial charge on any atom is -0.409 e. The van der Waals surface area contributed by atoms with Gasteiger partial charge in [-0.1, -0.05) is 5.16 Å². The molecule has 1 heterocycles. The third-order valence-corrected chi connectivity index (χ3v) is 4.23. The van der Waals surface area contributed by atoms with Gasteiger partial charge < -0.3 is 20.7 Å². The van der Waals surface area contributed by atoms with Crippen molar-refractivity contribution in [2.24, 2.45) is 16.3 Å². The van der Waals surface area contributed by atoms with E-state index in [0.29, 0.717) is 12.8 Å². The van der Waals surface area contributed by atoms with Crippen molar-refractivity contribution < 1.29 is 10.0 Å². The van der Waals surface area contributed by atoms with Crippen LogP contribution in [-0.2, 0) is 4.79 Å². The number of hydrogen-bond donors (Lipinski definition) is 2. The zero-order valence-corrected chi connectivity index (χ0v) is 11.1. The van der Waals surface area contributed by atoms with Crippen LogP contribution in [0.1, 0.15) is 25.7 Å². The molecule has 2 fully saturated rings. The van der Waals surface area contributed by atoms with E-state index in [4.69, 9.17) is 10.9 Å². The van der Waals surface area contributed by atoms with E-state index in [-0.39, 0.29) is 17.8 Å². The van der Waals surface area contributed by atoms with Gasteiger partial charge in [0.15, 0.2) is 5.84 Å². The zero-order chi connectivity index (χ0) is 13.3. The molecule has 0 bridgehead atoms. The van der Waals surface area contributed by atoms with Gasteiger partial charge in [0, 0.05) is 19.6 Å². The van der Waals surface area contributed by atoms with E-state index < -0.39 is 5.41 Å². The Hall–Kier alpha value is -1.30. The van der Waals surface area contributed by atoms with Gasteiger partial charge in [0.2, 0.25) is 5.91 Å². The highest BCUT2D eigenvalue weighted by Crippen LogP contribution is 2.47. The van der Waals surface area contributed by atoms with E-state index in [1.807, 2.05) is 7.05 Å². The summed E-state index contributed by atoms with van der Waals surface area (Å²) in [6.45, 7) is 1.98. The number of oxime groups is 1. The van der Waals surface area contributed by atoms with Crippen LogP contribution in [-0.4, -0.2) is 60.0 Å². The SMILES string of the molecule is CN1CCCC(N(C)C(=O)C2(C(N)=NO)CC2)C1. The standard InChI is InChI=1S/C12H22N4O2/c1-15-7-3-4-9(8-15)16(2)11(17)12(5-6-12)10(13)14-18/h9,18H,3-8H2,1-2H3,(H2,13,14). The third kappa shape index (κ3) is 2.16. The predicted molar refractivity (Wildman–Crippen MR) is 68.4 cm³/mol. The van der Waals surface area contributed by atoms with Crippen molar-refractivity contribution in [1.82, 2.24) is 9.80 Å². The number of likely N-dealkylation sites (N-methyl/N-ethyl adjacent to an activating group) is 2. The van der Waals surface area contributed by atoms with Crippen LogP contribution in [0, 0.1) is 5.41 Å². The molecule has 0 radical (unpaired) electrons.